The minimum absolute atomic E-state index is 0.101. The van der Waals surface area contributed by atoms with E-state index in [-0.39, 0.29) is 5.78 Å². The van der Waals surface area contributed by atoms with Crippen LogP contribution in [0.2, 0.25) is 0 Å². The van der Waals surface area contributed by atoms with Gasteiger partial charge in [0.05, 0.1) is 0 Å². The number of carbonyl (C=O) groups excluding carboxylic acids is 1. The zero-order valence-corrected chi connectivity index (χ0v) is 6.48. The Balaban J connectivity index is 2.71. The summed E-state index contributed by atoms with van der Waals surface area (Å²) in [5.41, 5.74) is 7.25. The number of ketones is 1. The lowest BCUT2D eigenvalue weighted by molar-refractivity contribution is -0.113. The molecule has 1 aliphatic rings. The molecule has 0 aromatic rings. The third-order valence-corrected chi connectivity index (χ3v) is 1.98. The van der Waals surface area contributed by atoms with Crippen LogP contribution < -0.4 is 5.73 Å². The topological polar surface area (TPSA) is 43.1 Å². The second-order valence-electron chi connectivity index (χ2n) is 2.91. The maximum Gasteiger partial charge on any atom is 0.157 e. The molecule has 0 heterocycles. The Hall–Kier alpha value is -0.790. The summed E-state index contributed by atoms with van der Waals surface area (Å²) in [6, 6.07) is 0. The minimum atomic E-state index is 0.101. The average Bonchev–Trinajstić information content (AvgIpc) is 2.65. The molecule has 0 unspecified atom stereocenters. The summed E-state index contributed by atoms with van der Waals surface area (Å²) in [6.45, 7) is 3.36. The first-order valence-electron chi connectivity index (χ1n) is 3.60. The molecule has 10 heavy (non-hydrogen) atoms. The molecule has 0 aliphatic heterocycles. The van der Waals surface area contributed by atoms with E-state index in [4.69, 9.17) is 5.73 Å². The molecule has 0 atom stereocenters. The number of Topliss-reactive ketones (excluding diaryl/α,β-unsaturated/α-hetero) is 1. The molecule has 0 radical (unpaired) electrons. The van der Waals surface area contributed by atoms with Crippen molar-refractivity contribution < 1.29 is 4.79 Å². The van der Waals surface area contributed by atoms with Crippen molar-refractivity contribution in [3.05, 3.63) is 11.3 Å². The molecular formula is C8H13NO. The monoisotopic (exact) mass is 139 g/mol. The van der Waals surface area contributed by atoms with Gasteiger partial charge in [-0.2, -0.15) is 0 Å². The van der Waals surface area contributed by atoms with Gasteiger partial charge in [0, 0.05) is 11.3 Å². The molecule has 0 aromatic carbocycles. The van der Waals surface area contributed by atoms with Crippen LogP contribution >= 0.6 is 0 Å². The molecule has 0 spiro atoms. The van der Waals surface area contributed by atoms with E-state index in [2.05, 4.69) is 0 Å². The van der Waals surface area contributed by atoms with Crippen LogP contribution in [0.1, 0.15) is 26.7 Å². The lowest BCUT2D eigenvalue weighted by atomic mass is 10.1. The van der Waals surface area contributed by atoms with Crippen molar-refractivity contribution in [1.29, 1.82) is 0 Å². The molecule has 1 aliphatic carbocycles. The van der Waals surface area contributed by atoms with Gasteiger partial charge in [0.15, 0.2) is 5.78 Å². The standard InChI is InChI=1S/C8H13NO/c1-5(6(2)10)8(9)7-3-4-7/h7H,3-4,9H2,1-2H3/b8-5+. The molecule has 2 N–H and O–H groups in total. The van der Waals surface area contributed by atoms with Gasteiger partial charge in [-0.1, -0.05) is 0 Å². The highest BCUT2D eigenvalue weighted by Gasteiger charge is 2.26. The van der Waals surface area contributed by atoms with Gasteiger partial charge in [0.2, 0.25) is 0 Å². The van der Waals surface area contributed by atoms with E-state index < -0.39 is 0 Å². The molecule has 2 heteroatoms. The fourth-order valence-corrected chi connectivity index (χ4v) is 0.904. The van der Waals surface area contributed by atoms with Crippen LogP contribution in [0.15, 0.2) is 11.3 Å². The van der Waals surface area contributed by atoms with Crippen molar-refractivity contribution in [3.63, 3.8) is 0 Å². The summed E-state index contributed by atoms with van der Waals surface area (Å²) < 4.78 is 0. The van der Waals surface area contributed by atoms with Gasteiger partial charge in [0.25, 0.3) is 0 Å². The molecule has 0 bridgehead atoms. The normalized spacial score (nSPS) is 20.2. The number of nitrogens with two attached hydrogens (primary N) is 1. The van der Waals surface area contributed by atoms with E-state index in [1.807, 2.05) is 0 Å². The summed E-state index contributed by atoms with van der Waals surface area (Å²) in [4.78, 5) is 10.8. The first-order chi connectivity index (χ1) is 4.63. The van der Waals surface area contributed by atoms with Gasteiger partial charge in [0.1, 0.15) is 0 Å². The molecule has 1 fully saturated rings. The third kappa shape index (κ3) is 1.38. The van der Waals surface area contributed by atoms with E-state index in [0.29, 0.717) is 5.92 Å². The van der Waals surface area contributed by atoms with Crippen LogP contribution in [0.25, 0.3) is 0 Å². The Morgan fingerprint density at radius 2 is 1.90 bits per heavy atom. The number of carbonyl (C=O) groups is 1. The molecule has 0 amide bonds. The maximum atomic E-state index is 10.8. The summed E-state index contributed by atoms with van der Waals surface area (Å²) in [5.74, 6) is 0.619. The highest BCUT2D eigenvalue weighted by atomic mass is 16.1. The van der Waals surface area contributed by atoms with Crippen molar-refractivity contribution in [2.45, 2.75) is 26.7 Å². The van der Waals surface area contributed by atoms with Crippen molar-refractivity contribution >= 4 is 5.78 Å². The van der Waals surface area contributed by atoms with E-state index in [0.717, 1.165) is 24.1 Å². The Kier molecular flexibility index (Phi) is 1.79. The number of rotatable bonds is 2. The van der Waals surface area contributed by atoms with Crippen LogP contribution in [0.5, 0.6) is 0 Å². The molecule has 0 aromatic heterocycles. The molecular weight excluding hydrogens is 126 g/mol. The van der Waals surface area contributed by atoms with Crippen molar-refractivity contribution in [2.24, 2.45) is 11.7 Å². The molecule has 56 valence electrons. The Bertz CT molecular complexity index is 189. The third-order valence-electron chi connectivity index (χ3n) is 1.98. The molecule has 0 saturated heterocycles. The van der Waals surface area contributed by atoms with Crippen LogP contribution in [0.4, 0.5) is 0 Å². The Morgan fingerprint density at radius 1 is 1.40 bits per heavy atom. The van der Waals surface area contributed by atoms with Crippen molar-refractivity contribution in [3.8, 4) is 0 Å². The number of hydrogen-bond donors (Lipinski definition) is 1. The molecule has 1 rings (SSSR count). The van der Waals surface area contributed by atoms with Crippen LogP contribution in [-0.4, -0.2) is 5.78 Å². The SMILES string of the molecule is CC(=O)/C(C)=C(/N)C1CC1. The fraction of sp³-hybridized carbons (Fsp3) is 0.625. The van der Waals surface area contributed by atoms with Gasteiger partial charge in [-0.25, -0.2) is 0 Å². The number of hydrogen-bond acceptors (Lipinski definition) is 2. The Morgan fingerprint density at radius 3 is 2.20 bits per heavy atom. The Labute approximate surface area is 61.1 Å². The highest BCUT2D eigenvalue weighted by Crippen LogP contribution is 2.35. The zero-order chi connectivity index (χ0) is 7.72. The van der Waals surface area contributed by atoms with E-state index in [1.54, 1.807) is 13.8 Å². The summed E-state index contributed by atoms with van der Waals surface area (Å²) in [6.07, 6.45) is 2.33. The van der Waals surface area contributed by atoms with E-state index >= 15 is 0 Å². The van der Waals surface area contributed by atoms with Crippen LogP contribution in [0, 0.1) is 5.92 Å². The molecule has 2 nitrogen and oxygen atoms in total. The maximum absolute atomic E-state index is 10.8. The number of allylic oxidation sites excluding steroid dienone is 2. The zero-order valence-electron chi connectivity index (χ0n) is 6.48. The van der Waals surface area contributed by atoms with Crippen molar-refractivity contribution in [2.75, 3.05) is 0 Å². The second-order valence-corrected chi connectivity index (χ2v) is 2.91. The minimum Gasteiger partial charge on any atom is -0.401 e. The van der Waals surface area contributed by atoms with Gasteiger partial charge in [-0.15, -0.1) is 0 Å². The summed E-state index contributed by atoms with van der Waals surface area (Å²) in [7, 11) is 0. The fourth-order valence-electron chi connectivity index (χ4n) is 0.904. The van der Waals surface area contributed by atoms with Crippen LogP contribution in [0.3, 0.4) is 0 Å². The van der Waals surface area contributed by atoms with Crippen LogP contribution in [-0.2, 0) is 4.79 Å². The quantitative estimate of drug-likeness (QED) is 0.584. The first kappa shape index (κ1) is 7.32. The lowest BCUT2D eigenvalue weighted by Crippen LogP contribution is -2.07. The lowest BCUT2D eigenvalue weighted by Gasteiger charge is -2.00. The summed E-state index contributed by atoms with van der Waals surface area (Å²) in [5, 5.41) is 0. The largest absolute Gasteiger partial charge is 0.401 e. The van der Waals surface area contributed by atoms with E-state index in [9.17, 15) is 4.79 Å². The smallest absolute Gasteiger partial charge is 0.157 e. The predicted molar refractivity (Wildman–Crippen MR) is 40.3 cm³/mol. The summed E-state index contributed by atoms with van der Waals surface area (Å²) >= 11 is 0. The highest BCUT2D eigenvalue weighted by molar-refractivity contribution is 5.93. The van der Waals surface area contributed by atoms with E-state index in [1.165, 1.54) is 0 Å². The van der Waals surface area contributed by atoms with Gasteiger partial charge >= 0.3 is 0 Å². The van der Waals surface area contributed by atoms with Gasteiger partial charge in [-0.05, 0) is 32.6 Å². The van der Waals surface area contributed by atoms with Crippen molar-refractivity contribution in [1.82, 2.24) is 0 Å². The average molecular weight is 139 g/mol. The van der Waals surface area contributed by atoms with Gasteiger partial charge < -0.3 is 5.73 Å². The molecule has 1 saturated carbocycles. The predicted octanol–water partition coefficient (Wildman–Crippen LogP) is 1.22. The van der Waals surface area contributed by atoms with Gasteiger partial charge in [-0.3, -0.25) is 4.79 Å². The first-order valence-corrected chi connectivity index (χ1v) is 3.60. The second kappa shape index (κ2) is 2.45.